The van der Waals surface area contributed by atoms with E-state index in [4.69, 9.17) is 4.74 Å². The van der Waals surface area contributed by atoms with Gasteiger partial charge in [0.2, 0.25) is 0 Å². The predicted octanol–water partition coefficient (Wildman–Crippen LogP) is 0.430. The fraction of sp³-hybridized carbons (Fsp3) is 0.571. The number of carbonyl (C=O) groups is 1. The smallest absolute Gasteiger partial charge is 0.259 e. The molecule has 0 aliphatic carbocycles. The molecule has 0 radical (unpaired) electrons. The van der Waals surface area contributed by atoms with E-state index in [1.54, 1.807) is 23.8 Å². The van der Waals surface area contributed by atoms with Gasteiger partial charge in [-0.3, -0.25) is 4.79 Å². The van der Waals surface area contributed by atoms with Crippen LogP contribution in [0.5, 0.6) is 0 Å². The lowest BCUT2D eigenvalue weighted by atomic mass is 10.1. The van der Waals surface area contributed by atoms with Crippen molar-refractivity contribution in [1.82, 2.24) is 4.90 Å². The number of nitrogens with zero attached hydrogens (tertiary/aromatic N) is 1. The van der Waals surface area contributed by atoms with Gasteiger partial charge in [-0.1, -0.05) is 6.08 Å². The van der Waals surface area contributed by atoms with Crippen LogP contribution in [0.4, 0.5) is 0 Å². The zero-order valence-electron chi connectivity index (χ0n) is 6.19. The van der Waals surface area contributed by atoms with Crippen molar-refractivity contribution < 1.29 is 9.53 Å². The molecule has 0 saturated carbocycles. The minimum atomic E-state index is -0.204. The molecule has 2 aliphatic heterocycles. The molecular weight excluding hydrogens is 162 g/mol. The summed E-state index contributed by atoms with van der Waals surface area (Å²) in [5.74, 6) is 1.06. The van der Waals surface area contributed by atoms with Gasteiger partial charge < -0.3 is 9.64 Å². The van der Waals surface area contributed by atoms with Gasteiger partial charge in [-0.05, 0) is 0 Å². The van der Waals surface area contributed by atoms with Crippen LogP contribution < -0.4 is 0 Å². The van der Waals surface area contributed by atoms with Crippen molar-refractivity contribution in [2.45, 2.75) is 11.5 Å². The molecule has 0 N–H and O–H groups in total. The van der Waals surface area contributed by atoms with E-state index in [2.05, 4.69) is 0 Å². The van der Waals surface area contributed by atoms with Crippen LogP contribution in [-0.2, 0) is 9.53 Å². The van der Waals surface area contributed by atoms with Gasteiger partial charge >= 0.3 is 0 Å². The lowest BCUT2D eigenvalue weighted by Gasteiger charge is -2.45. The maximum atomic E-state index is 11.2. The molecule has 3 nitrogen and oxygen atoms in total. The Kier molecular flexibility index (Phi) is 1.65. The summed E-state index contributed by atoms with van der Waals surface area (Å²) in [5, 5.41) is 0.234. The van der Waals surface area contributed by atoms with E-state index in [1.807, 2.05) is 12.3 Å². The van der Waals surface area contributed by atoms with Gasteiger partial charge in [0.1, 0.15) is 5.37 Å². The van der Waals surface area contributed by atoms with Crippen LogP contribution in [-0.4, -0.2) is 35.1 Å². The van der Waals surface area contributed by atoms with Gasteiger partial charge in [-0.2, -0.15) is 0 Å². The summed E-state index contributed by atoms with van der Waals surface area (Å²) < 4.78 is 5.02. The van der Waals surface area contributed by atoms with Crippen molar-refractivity contribution >= 4 is 17.7 Å². The zero-order chi connectivity index (χ0) is 7.84. The minimum absolute atomic E-state index is 0.0842. The first-order valence-electron chi connectivity index (χ1n) is 3.48. The van der Waals surface area contributed by atoms with Gasteiger partial charge in [0, 0.05) is 19.1 Å². The van der Waals surface area contributed by atoms with Gasteiger partial charge in [0.25, 0.3) is 5.91 Å². The molecule has 0 aromatic heterocycles. The first-order chi connectivity index (χ1) is 5.34. The summed E-state index contributed by atoms with van der Waals surface area (Å²) in [7, 11) is 1.58. The molecule has 0 bridgehead atoms. The van der Waals surface area contributed by atoms with Gasteiger partial charge in [-0.15, -0.1) is 11.8 Å². The monoisotopic (exact) mass is 171 g/mol. The Balaban J connectivity index is 2.12. The summed E-state index contributed by atoms with van der Waals surface area (Å²) in [6, 6.07) is 0. The second-order valence-corrected chi connectivity index (χ2v) is 3.66. The number of carbonyl (C=O) groups excluding carboxylic acids is 1. The van der Waals surface area contributed by atoms with Crippen LogP contribution in [0.15, 0.2) is 12.3 Å². The second-order valence-electron chi connectivity index (χ2n) is 2.51. The summed E-state index contributed by atoms with van der Waals surface area (Å²) in [6.45, 7) is 0. The first kappa shape index (κ1) is 7.18. The number of hydrogen-bond acceptors (Lipinski definition) is 3. The SMILES string of the molecule is CO[C@H]1C(=O)N2C=CCS[C@@H]12. The van der Waals surface area contributed by atoms with E-state index >= 15 is 0 Å². The summed E-state index contributed by atoms with van der Waals surface area (Å²) in [4.78, 5) is 12.9. The molecule has 0 aromatic rings. The summed E-state index contributed by atoms with van der Waals surface area (Å²) in [5.41, 5.74) is 0. The van der Waals surface area contributed by atoms with Gasteiger partial charge in [0.05, 0.1) is 0 Å². The Morgan fingerprint density at radius 3 is 3.36 bits per heavy atom. The molecule has 2 heterocycles. The summed E-state index contributed by atoms with van der Waals surface area (Å²) >= 11 is 1.74. The molecule has 60 valence electrons. The van der Waals surface area contributed by atoms with E-state index in [9.17, 15) is 4.79 Å². The van der Waals surface area contributed by atoms with E-state index in [0.29, 0.717) is 0 Å². The number of ether oxygens (including phenoxy) is 1. The third-order valence-electron chi connectivity index (χ3n) is 1.91. The van der Waals surface area contributed by atoms with Crippen molar-refractivity contribution in [3.05, 3.63) is 12.3 Å². The van der Waals surface area contributed by atoms with Crippen LogP contribution >= 0.6 is 11.8 Å². The lowest BCUT2D eigenvalue weighted by Crippen LogP contribution is -2.62. The van der Waals surface area contributed by atoms with Crippen LogP contribution in [0.1, 0.15) is 0 Å². The van der Waals surface area contributed by atoms with Crippen molar-refractivity contribution in [3.8, 4) is 0 Å². The fourth-order valence-corrected chi connectivity index (χ4v) is 2.44. The van der Waals surface area contributed by atoms with E-state index in [-0.39, 0.29) is 17.4 Å². The molecule has 0 spiro atoms. The minimum Gasteiger partial charge on any atom is -0.368 e. The van der Waals surface area contributed by atoms with E-state index in [0.717, 1.165) is 5.75 Å². The van der Waals surface area contributed by atoms with Crippen molar-refractivity contribution in [2.24, 2.45) is 0 Å². The average Bonchev–Trinajstić information content (AvgIpc) is 2.05. The van der Waals surface area contributed by atoms with Crippen molar-refractivity contribution in [1.29, 1.82) is 0 Å². The number of fused-ring (bicyclic) bond motifs is 1. The van der Waals surface area contributed by atoms with Crippen LogP contribution in [0, 0.1) is 0 Å². The first-order valence-corrected chi connectivity index (χ1v) is 4.52. The zero-order valence-corrected chi connectivity index (χ0v) is 7.00. The molecule has 2 aliphatic rings. The van der Waals surface area contributed by atoms with Crippen molar-refractivity contribution in [2.75, 3.05) is 12.9 Å². The fourth-order valence-electron chi connectivity index (χ4n) is 1.31. The van der Waals surface area contributed by atoms with E-state index < -0.39 is 0 Å². The molecule has 0 aromatic carbocycles. The molecular formula is C7H9NO2S. The Morgan fingerprint density at radius 2 is 2.64 bits per heavy atom. The second kappa shape index (κ2) is 2.53. The molecule has 2 rings (SSSR count). The Bertz CT molecular complexity index is 216. The van der Waals surface area contributed by atoms with Crippen molar-refractivity contribution in [3.63, 3.8) is 0 Å². The van der Waals surface area contributed by atoms with Crippen LogP contribution in [0.3, 0.4) is 0 Å². The van der Waals surface area contributed by atoms with E-state index in [1.165, 1.54) is 0 Å². The predicted molar refractivity (Wildman–Crippen MR) is 43.0 cm³/mol. The third kappa shape index (κ3) is 0.895. The standard InChI is InChI=1S/C7H9NO2S/c1-10-5-6(9)8-3-2-4-11-7(5)8/h2-3,5,7H,4H2,1H3/t5-,7-/m0/s1. The number of hydrogen-bond donors (Lipinski definition) is 0. The largest absolute Gasteiger partial charge is 0.368 e. The maximum Gasteiger partial charge on any atom is 0.259 e. The molecule has 11 heavy (non-hydrogen) atoms. The van der Waals surface area contributed by atoms with Crippen LogP contribution in [0.25, 0.3) is 0 Å². The molecule has 1 saturated heterocycles. The van der Waals surface area contributed by atoms with Gasteiger partial charge in [0.15, 0.2) is 6.10 Å². The van der Waals surface area contributed by atoms with Gasteiger partial charge in [-0.25, -0.2) is 0 Å². The number of rotatable bonds is 1. The molecule has 0 unspecified atom stereocenters. The maximum absolute atomic E-state index is 11.2. The quantitative estimate of drug-likeness (QED) is 0.536. The third-order valence-corrected chi connectivity index (χ3v) is 3.11. The Hall–Kier alpha value is -0.480. The lowest BCUT2D eigenvalue weighted by molar-refractivity contribution is -0.156. The molecule has 1 fully saturated rings. The molecule has 2 atom stereocenters. The van der Waals surface area contributed by atoms with Crippen LogP contribution in [0.2, 0.25) is 0 Å². The highest BCUT2D eigenvalue weighted by molar-refractivity contribution is 8.00. The number of thioether (sulfide) groups is 1. The number of β-lactam (4-membered cyclic amide) rings is 1. The average molecular weight is 171 g/mol. The number of amides is 1. The number of methoxy groups -OCH3 is 1. The summed E-state index contributed by atoms with van der Waals surface area (Å²) in [6.07, 6.45) is 3.63. The highest BCUT2D eigenvalue weighted by Gasteiger charge is 2.47. The molecule has 1 amide bonds. The Labute approximate surface area is 69.4 Å². The highest BCUT2D eigenvalue weighted by Crippen LogP contribution is 2.34. The normalized spacial score (nSPS) is 35.0. The molecule has 4 heteroatoms. The highest BCUT2D eigenvalue weighted by atomic mass is 32.2. The Morgan fingerprint density at radius 1 is 1.82 bits per heavy atom. The topological polar surface area (TPSA) is 29.5 Å².